The van der Waals surface area contributed by atoms with Crippen molar-refractivity contribution in [3.8, 4) is 11.5 Å². The van der Waals surface area contributed by atoms with E-state index in [1.54, 1.807) is 12.1 Å². The molecule has 0 heterocycles. The summed E-state index contributed by atoms with van der Waals surface area (Å²) in [6.45, 7) is 0. The van der Waals surface area contributed by atoms with Crippen LogP contribution in [0.4, 0.5) is 0 Å². The summed E-state index contributed by atoms with van der Waals surface area (Å²) in [7, 11) is 6.22. The predicted octanol–water partition coefficient (Wildman–Crippen LogP) is -0.251. The lowest BCUT2D eigenvalue weighted by molar-refractivity contribution is 0.0593. The summed E-state index contributed by atoms with van der Waals surface area (Å²) in [6.07, 6.45) is 0. The van der Waals surface area contributed by atoms with Crippen LogP contribution in [0.2, 0.25) is 0 Å². The first-order valence-corrected chi connectivity index (χ1v) is 4.45. The van der Waals surface area contributed by atoms with Crippen LogP contribution in [0, 0.1) is 0 Å². The van der Waals surface area contributed by atoms with Gasteiger partial charge in [-0.25, -0.2) is 4.79 Å². The first-order valence-electron chi connectivity index (χ1n) is 4.45. The van der Waals surface area contributed by atoms with Gasteiger partial charge >= 0.3 is 5.97 Å². The van der Waals surface area contributed by atoms with E-state index in [-0.39, 0.29) is 0 Å². The average Bonchev–Trinajstić information content (AvgIpc) is 2.26. The summed E-state index contributed by atoms with van der Waals surface area (Å²) in [6, 6.07) is 3.52. The summed E-state index contributed by atoms with van der Waals surface area (Å²) < 4.78 is 14.9. The van der Waals surface area contributed by atoms with Gasteiger partial charge in [0.25, 0.3) is 0 Å². The predicted molar refractivity (Wildman–Crippen MR) is 59.1 cm³/mol. The number of benzene rings is 1. The van der Waals surface area contributed by atoms with E-state index >= 15 is 0 Å². The second-order valence-corrected chi connectivity index (χ2v) is 3.04. The van der Waals surface area contributed by atoms with E-state index in [0.29, 0.717) is 17.1 Å². The Kier molecular flexibility index (Phi) is 3.60. The quantitative estimate of drug-likeness (QED) is 0.507. The molecule has 0 saturated carbocycles. The standard InChI is InChI=1S/C10H13BO4/c1-13-7-4-6(11)5-8(14-2)9(7)10(12)15-3/h4-5H,11H2,1-3H3. The second kappa shape index (κ2) is 4.73. The van der Waals surface area contributed by atoms with E-state index in [1.165, 1.54) is 21.3 Å². The monoisotopic (exact) mass is 208 g/mol. The molecule has 80 valence electrons. The number of carbonyl (C=O) groups is 1. The van der Waals surface area contributed by atoms with Crippen molar-refractivity contribution in [3.63, 3.8) is 0 Å². The van der Waals surface area contributed by atoms with Crippen LogP contribution >= 0.6 is 0 Å². The molecular weight excluding hydrogens is 195 g/mol. The number of carbonyl (C=O) groups excluding carboxylic acids is 1. The van der Waals surface area contributed by atoms with Crippen LogP contribution in [0.1, 0.15) is 10.4 Å². The molecule has 0 atom stereocenters. The highest BCUT2D eigenvalue weighted by Crippen LogP contribution is 2.27. The maximum absolute atomic E-state index is 11.5. The molecule has 0 aliphatic rings. The van der Waals surface area contributed by atoms with E-state index < -0.39 is 5.97 Å². The maximum Gasteiger partial charge on any atom is 0.345 e. The SMILES string of the molecule is Bc1cc(OC)c(C(=O)OC)c(OC)c1. The topological polar surface area (TPSA) is 44.8 Å². The van der Waals surface area contributed by atoms with E-state index in [1.807, 2.05) is 7.85 Å². The third kappa shape index (κ3) is 2.23. The largest absolute Gasteiger partial charge is 0.496 e. The van der Waals surface area contributed by atoms with Gasteiger partial charge in [-0.2, -0.15) is 0 Å². The Hall–Kier alpha value is -1.65. The van der Waals surface area contributed by atoms with Crippen LogP contribution in [0.5, 0.6) is 11.5 Å². The second-order valence-electron chi connectivity index (χ2n) is 3.04. The summed E-state index contributed by atoms with van der Waals surface area (Å²) in [5.74, 6) is 0.445. The van der Waals surface area contributed by atoms with Crippen LogP contribution in [0.15, 0.2) is 12.1 Å². The minimum absolute atomic E-state index is 0.313. The molecule has 1 aromatic rings. The molecule has 0 aliphatic carbocycles. The lowest BCUT2D eigenvalue weighted by atomic mass is 9.94. The zero-order valence-corrected chi connectivity index (χ0v) is 9.29. The van der Waals surface area contributed by atoms with Gasteiger partial charge in [-0.05, 0) is 12.1 Å². The Labute approximate surface area is 89.5 Å². The highest BCUT2D eigenvalue weighted by Gasteiger charge is 2.19. The van der Waals surface area contributed by atoms with Crippen molar-refractivity contribution in [2.24, 2.45) is 0 Å². The molecule has 0 saturated heterocycles. The number of esters is 1. The summed E-state index contributed by atoms with van der Waals surface area (Å²) in [5.41, 5.74) is 1.27. The number of hydrogen-bond acceptors (Lipinski definition) is 4. The summed E-state index contributed by atoms with van der Waals surface area (Å²) in [4.78, 5) is 11.5. The van der Waals surface area contributed by atoms with Gasteiger partial charge in [-0.15, -0.1) is 0 Å². The van der Waals surface area contributed by atoms with Crippen molar-refractivity contribution in [1.82, 2.24) is 0 Å². The van der Waals surface area contributed by atoms with E-state index in [2.05, 4.69) is 4.74 Å². The molecule has 0 aliphatic heterocycles. The Balaban J connectivity index is 3.36. The van der Waals surface area contributed by atoms with Gasteiger partial charge in [0, 0.05) is 0 Å². The lowest BCUT2D eigenvalue weighted by Crippen LogP contribution is -2.12. The summed E-state index contributed by atoms with van der Waals surface area (Å²) >= 11 is 0. The normalized spacial score (nSPS) is 9.53. The molecule has 0 aromatic heterocycles. The third-order valence-corrected chi connectivity index (χ3v) is 2.04. The summed E-state index contributed by atoms with van der Waals surface area (Å²) in [5, 5.41) is 0. The van der Waals surface area contributed by atoms with Gasteiger partial charge in [-0.3, -0.25) is 0 Å². The van der Waals surface area contributed by atoms with Crippen molar-refractivity contribution in [3.05, 3.63) is 17.7 Å². The molecule has 0 spiro atoms. The maximum atomic E-state index is 11.5. The molecule has 0 radical (unpaired) electrons. The minimum Gasteiger partial charge on any atom is -0.496 e. The fourth-order valence-corrected chi connectivity index (χ4v) is 1.35. The van der Waals surface area contributed by atoms with Crippen LogP contribution in [0.25, 0.3) is 0 Å². The molecule has 4 nitrogen and oxygen atoms in total. The van der Waals surface area contributed by atoms with Crippen molar-refractivity contribution in [2.45, 2.75) is 0 Å². The molecule has 1 rings (SSSR count). The van der Waals surface area contributed by atoms with Gasteiger partial charge in [0.2, 0.25) is 0 Å². The molecule has 0 fully saturated rings. The van der Waals surface area contributed by atoms with Crippen LogP contribution in [0.3, 0.4) is 0 Å². The van der Waals surface area contributed by atoms with Gasteiger partial charge in [-0.1, -0.05) is 5.46 Å². The molecule has 5 heteroatoms. The molecule has 0 amide bonds. The van der Waals surface area contributed by atoms with Gasteiger partial charge in [0.05, 0.1) is 21.3 Å². The molecular formula is C10H13BO4. The highest BCUT2D eigenvalue weighted by molar-refractivity contribution is 6.32. The van der Waals surface area contributed by atoms with Crippen LogP contribution < -0.4 is 14.9 Å². The Morgan fingerprint density at radius 1 is 1.13 bits per heavy atom. The van der Waals surface area contributed by atoms with Gasteiger partial charge < -0.3 is 14.2 Å². The molecule has 0 bridgehead atoms. The Morgan fingerprint density at radius 3 is 1.93 bits per heavy atom. The molecule has 0 N–H and O–H groups in total. The fourth-order valence-electron chi connectivity index (χ4n) is 1.35. The van der Waals surface area contributed by atoms with Gasteiger partial charge in [0.1, 0.15) is 24.9 Å². The molecule has 15 heavy (non-hydrogen) atoms. The zero-order chi connectivity index (χ0) is 11.4. The third-order valence-electron chi connectivity index (χ3n) is 2.04. The molecule has 0 unspecified atom stereocenters. The van der Waals surface area contributed by atoms with Crippen LogP contribution in [-0.4, -0.2) is 35.1 Å². The fraction of sp³-hybridized carbons (Fsp3) is 0.300. The van der Waals surface area contributed by atoms with Crippen LogP contribution in [-0.2, 0) is 4.74 Å². The van der Waals surface area contributed by atoms with E-state index in [0.717, 1.165) is 5.46 Å². The van der Waals surface area contributed by atoms with Crippen molar-refractivity contribution in [2.75, 3.05) is 21.3 Å². The Morgan fingerprint density at radius 2 is 1.60 bits per heavy atom. The van der Waals surface area contributed by atoms with Crippen molar-refractivity contribution < 1.29 is 19.0 Å². The van der Waals surface area contributed by atoms with Crippen molar-refractivity contribution in [1.29, 1.82) is 0 Å². The van der Waals surface area contributed by atoms with Gasteiger partial charge in [0.15, 0.2) is 0 Å². The lowest BCUT2D eigenvalue weighted by Gasteiger charge is -2.12. The minimum atomic E-state index is -0.469. The average molecular weight is 208 g/mol. The first kappa shape index (κ1) is 11.4. The van der Waals surface area contributed by atoms with Crippen molar-refractivity contribution >= 4 is 19.3 Å². The van der Waals surface area contributed by atoms with E-state index in [9.17, 15) is 4.79 Å². The number of hydrogen-bond donors (Lipinski definition) is 0. The number of ether oxygens (including phenoxy) is 3. The number of methoxy groups -OCH3 is 3. The first-order chi connectivity index (χ1) is 7.13. The number of rotatable bonds is 3. The molecule has 1 aromatic carbocycles. The van der Waals surface area contributed by atoms with E-state index in [4.69, 9.17) is 9.47 Å². The zero-order valence-electron chi connectivity index (χ0n) is 9.29. The highest BCUT2D eigenvalue weighted by atomic mass is 16.5. The Bertz CT molecular complexity index is 351. The smallest absolute Gasteiger partial charge is 0.345 e.